The second-order valence-electron chi connectivity index (χ2n) is 3.03. The van der Waals surface area contributed by atoms with Gasteiger partial charge in [-0.2, -0.15) is 0 Å². The van der Waals surface area contributed by atoms with E-state index < -0.39 is 16.3 Å². The molecule has 1 rings (SSSR count). The highest BCUT2D eigenvalue weighted by Gasteiger charge is 2.59. The van der Waals surface area contributed by atoms with Crippen LogP contribution in [0.2, 0.25) is 0 Å². The van der Waals surface area contributed by atoms with Crippen LogP contribution in [0.15, 0.2) is 0 Å². The van der Waals surface area contributed by atoms with Crippen molar-refractivity contribution in [2.45, 2.75) is 30.1 Å². The summed E-state index contributed by atoms with van der Waals surface area (Å²) in [5.74, 6) is -3.27. The van der Waals surface area contributed by atoms with Crippen LogP contribution in [0.5, 0.6) is 0 Å². The molecule has 0 saturated carbocycles. The lowest BCUT2D eigenvalue weighted by Gasteiger charge is -2.30. The predicted molar refractivity (Wildman–Crippen MR) is 49.5 cm³/mol. The fraction of sp³-hybridized carbons (Fsp3) is 0.875. The Labute approximate surface area is 89.5 Å². The average molecular weight is 271 g/mol. The third-order valence-corrected chi connectivity index (χ3v) is 2.97. The lowest BCUT2D eigenvalue weighted by Crippen LogP contribution is -2.52. The first-order valence-electron chi connectivity index (χ1n) is 4.35. The van der Waals surface area contributed by atoms with Crippen LogP contribution in [-0.2, 0) is 14.3 Å². The van der Waals surface area contributed by atoms with Gasteiger partial charge in [-0.05, 0) is 29.3 Å². The summed E-state index contributed by atoms with van der Waals surface area (Å²) in [6, 6.07) is 0. The van der Waals surface area contributed by atoms with Gasteiger partial charge in [0.15, 0.2) is 0 Å². The quantitative estimate of drug-likeness (QED) is 0.617. The van der Waals surface area contributed by atoms with Gasteiger partial charge in [0.25, 0.3) is 0 Å². The van der Waals surface area contributed by atoms with E-state index in [1.54, 1.807) is 6.92 Å². The van der Waals surface area contributed by atoms with Gasteiger partial charge in [-0.15, -0.1) is 0 Å². The monoisotopic (exact) mass is 270 g/mol. The lowest BCUT2D eigenvalue weighted by atomic mass is 10.1. The molecule has 0 bridgehead atoms. The van der Waals surface area contributed by atoms with Crippen LogP contribution < -0.4 is 0 Å². The van der Waals surface area contributed by atoms with Crippen LogP contribution in [-0.4, -0.2) is 34.7 Å². The van der Waals surface area contributed by atoms with Gasteiger partial charge in [-0.3, -0.25) is 0 Å². The van der Waals surface area contributed by atoms with Crippen LogP contribution >= 0.6 is 15.9 Å². The number of aliphatic hydroxyl groups is 1. The summed E-state index contributed by atoms with van der Waals surface area (Å²) >= 11 is 2.52. The molecule has 6 heteroatoms. The van der Waals surface area contributed by atoms with Crippen molar-refractivity contribution >= 4 is 21.9 Å². The number of carbonyl (C=O) groups is 1. The van der Waals surface area contributed by atoms with Crippen molar-refractivity contribution in [1.29, 1.82) is 0 Å². The highest BCUT2D eigenvalue weighted by atomic mass is 79.9. The second kappa shape index (κ2) is 4.12. The maximum atomic E-state index is 13.8. The van der Waals surface area contributed by atoms with Gasteiger partial charge < -0.3 is 14.6 Å². The number of rotatable bonds is 3. The standard InChI is InChI=1S/C8H12BrFO4/c1-2-13-6(11)8(9,10)7(12)4-3-5-14-7/h12H,2-5H2,1H3/t7-,8+/m0/s1. The van der Waals surface area contributed by atoms with Crippen molar-refractivity contribution in [2.75, 3.05) is 13.2 Å². The Morgan fingerprint density at radius 2 is 2.50 bits per heavy atom. The molecule has 4 nitrogen and oxygen atoms in total. The van der Waals surface area contributed by atoms with E-state index in [-0.39, 0.29) is 19.6 Å². The molecule has 0 spiro atoms. The zero-order chi connectivity index (χ0) is 10.8. The molecule has 14 heavy (non-hydrogen) atoms. The molecule has 1 aliphatic heterocycles. The molecule has 0 radical (unpaired) electrons. The third kappa shape index (κ3) is 1.92. The Hall–Kier alpha value is -0.200. The number of alkyl halides is 2. The molecule has 1 aliphatic rings. The Balaban J connectivity index is 2.76. The minimum absolute atomic E-state index is 0.0478. The second-order valence-corrected chi connectivity index (χ2v) is 4.12. The van der Waals surface area contributed by atoms with E-state index in [0.717, 1.165) is 0 Å². The van der Waals surface area contributed by atoms with E-state index >= 15 is 0 Å². The average Bonchev–Trinajstić information content (AvgIpc) is 2.54. The molecule has 2 atom stereocenters. The number of hydrogen-bond acceptors (Lipinski definition) is 4. The van der Waals surface area contributed by atoms with Crippen molar-refractivity contribution in [3.8, 4) is 0 Å². The van der Waals surface area contributed by atoms with Crippen molar-refractivity contribution in [3.05, 3.63) is 0 Å². The minimum atomic E-state index is -2.69. The molecule has 0 aliphatic carbocycles. The fourth-order valence-corrected chi connectivity index (χ4v) is 1.68. The van der Waals surface area contributed by atoms with E-state index in [1.165, 1.54) is 0 Å². The first-order chi connectivity index (χ1) is 6.44. The maximum absolute atomic E-state index is 13.8. The van der Waals surface area contributed by atoms with Gasteiger partial charge >= 0.3 is 10.5 Å². The van der Waals surface area contributed by atoms with Crippen molar-refractivity contribution in [2.24, 2.45) is 0 Å². The molecule has 0 aromatic heterocycles. The first kappa shape index (κ1) is 11.9. The maximum Gasteiger partial charge on any atom is 0.361 e. The largest absolute Gasteiger partial charge is 0.463 e. The summed E-state index contributed by atoms with van der Waals surface area (Å²) in [7, 11) is 0. The van der Waals surface area contributed by atoms with Gasteiger partial charge in [-0.25, -0.2) is 9.18 Å². The SMILES string of the molecule is CCOC(=O)[C@](F)(Br)[C@]1(O)CCCO1. The normalized spacial score (nSPS) is 31.1. The Morgan fingerprint density at radius 3 is 2.93 bits per heavy atom. The van der Waals surface area contributed by atoms with Crippen molar-refractivity contribution < 1.29 is 23.8 Å². The van der Waals surface area contributed by atoms with Gasteiger partial charge in [0.1, 0.15) is 0 Å². The van der Waals surface area contributed by atoms with Gasteiger partial charge in [0.2, 0.25) is 5.79 Å². The molecule has 82 valence electrons. The van der Waals surface area contributed by atoms with E-state index in [9.17, 15) is 14.3 Å². The molecule has 1 N–H and O–H groups in total. The van der Waals surface area contributed by atoms with Gasteiger partial charge in [0, 0.05) is 6.42 Å². The van der Waals surface area contributed by atoms with Crippen LogP contribution in [0.3, 0.4) is 0 Å². The van der Waals surface area contributed by atoms with Crippen LogP contribution in [0.25, 0.3) is 0 Å². The molecule has 0 aromatic carbocycles. The molecule has 0 unspecified atom stereocenters. The Kier molecular flexibility index (Phi) is 3.49. The molecule has 1 heterocycles. The van der Waals surface area contributed by atoms with E-state index in [4.69, 9.17) is 4.74 Å². The topological polar surface area (TPSA) is 55.8 Å². The molecule has 1 fully saturated rings. The third-order valence-electron chi connectivity index (χ3n) is 2.02. The summed E-state index contributed by atoms with van der Waals surface area (Å²) in [6.45, 7) is 1.83. The van der Waals surface area contributed by atoms with Gasteiger partial charge in [0.05, 0.1) is 13.2 Å². The highest BCUT2D eigenvalue weighted by Crippen LogP contribution is 2.41. The van der Waals surface area contributed by atoms with E-state index in [0.29, 0.717) is 6.42 Å². The lowest BCUT2D eigenvalue weighted by molar-refractivity contribution is -0.228. The zero-order valence-corrected chi connectivity index (χ0v) is 9.34. The van der Waals surface area contributed by atoms with Gasteiger partial charge in [-0.1, -0.05) is 0 Å². The zero-order valence-electron chi connectivity index (χ0n) is 7.76. The Bertz CT molecular complexity index is 225. The summed E-state index contributed by atoms with van der Waals surface area (Å²) in [4.78, 5) is 11.2. The smallest absolute Gasteiger partial charge is 0.361 e. The van der Waals surface area contributed by atoms with E-state index in [2.05, 4.69) is 20.7 Å². The summed E-state index contributed by atoms with van der Waals surface area (Å²) in [5.41, 5.74) is 0. The molecule has 1 saturated heterocycles. The molecule has 0 aromatic rings. The van der Waals surface area contributed by atoms with Crippen LogP contribution in [0.4, 0.5) is 4.39 Å². The summed E-state index contributed by atoms with van der Waals surface area (Å²) in [5, 5.41) is 9.67. The number of halogens is 2. The van der Waals surface area contributed by atoms with Crippen LogP contribution in [0, 0.1) is 0 Å². The fourth-order valence-electron chi connectivity index (χ4n) is 1.25. The minimum Gasteiger partial charge on any atom is -0.463 e. The Morgan fingerprint density at radius 1 is 1.86 bits per heavy atom. The molecular weight excluding hydrogens is 259 g/mol. The summed E-state index contributed by atoms with van der Waals surface area (Å²) < 4.78 is 20.4. The number of ether oxygens (including phenoxy) is 2. The highest BCUT2D eigenvalue weighted by molar-refractivity contribution is 9.10. The van der Waals surface area contributed by atoms with Crippen molar-refractivity contribution in [3.63, 3.8) is 0 Å². The van der Waals surface area contributed by atoms with E-state index in [1.807, 2.05) is 0 Å². The van der Waals surface area contributed by atoms with Crippen molar-refractivity contribution in [1.82, 2.24) is 0 Å². The number of esters is 1. The first-order valence-corrected chi connectivity index (χ1v) is 5.14. The number of hydrogen-bond donors (Lipinski definition) is 1. The molecule has 0 amide bonds. The molecular formula is C8H12BrFO4. The number of carbonyl (C=O) groups excluding carboxylic acids is 1. The summed E-state index contributed by atoms with van der Waals surface area (Å²) in [6.07, 6.45) is 0.570. The van der Waals surface area contributed by atoms with Crippen LogP contribution in [0.1, 0.15) is 19.8 Å². The predicted octanol–water partition coefficient (Wildman–Crippen LogP) is 1.11.